The summed E-state index contributed by atoms with van der Waals surface area (Å²) in [5, 5.41) is 2.51. The van der Waals surface area contributed by atoms with Crippen LogP contribution in [0.1, 0.15) is 17.3 Å². The van der Waals surface area contributed by atoms with Crippen LogP contribution in [0.25, 0.3) is 0 Å². The summed E-state index contributed by atoms with van der Waals surface area (Å²) in [6.07, 6.45) is 0. The van der Waals surface area contributed by atoms with Crippen molar-refractivity contribution in [2.24, 2.45) is 5.92 Å². The maximum Gasteiger partial charge on any atom is 0.264 e. The van der Waals surface area contributed by atoms with Gasteiger partial charge in [0.25, 0.3) is 15.0 Å². The molecule has 0 heterocycles. The summed E-state index contributed by atoms with van der Waals surface area (Å²) in [7, 11) is 2.39. The van der Waals surface area contributed by atoms with Crippen molar-refractivity contribution in [2.75, 3.05) is 20.3 Å². The van der Waals surface area contributed by atoms with E-state index in [9.17, 15) is 17.6 Å². The fourth-order valence-corrected chi connectivity index (χ4v) is 3.15. The molecule has 1 rings (SSSR count). The average molecular weight is 403 g/mol. The third-order valence-electron chi connectivity index (χ3n) is 2.57. The first-order valence-electron chi connectivity index (χ1n) is 5.87. The first-order valence-corrected chi connectivity index (χ1v) is 8.98. The number of carbonyl (C=O) groups excluding carboxylic acids is 1. The van der Waals surface area contributed by atoms with Crippen molar-refractivity contribution >= 4 is 41.6 Å². The molecule has 1 aromatic rings. The van der Waals surface area contributed by atoms with Gasteiger partial charge in [0, 0.05) is 28.8 Å². The Kier molecular flexibility index (Phi) is 6.58. The predicted octanol–water partition coefficient (Wildman–Crippen LogP) is 2.53. The van der Waals surface area contributed by atoms with Crippen molar-refractivity contribution in [1.82, 2.24) is 5.32 Å². The number of hydrogen-bond donors (Lipinski definition) is 1. The van der Waals surface area contributed by atoms with Crippen LogP contribution < -0.4 is 5.32 Å². The Hall–Kier alpha value is -0.700. The van der Waals surface area contributed by atoms with Crippen LogP contribution in [0, 0.1) is 11.7 Å². The van der Waals surface area contributed by atoms with E-state index < -0.39 is 31.2 Å². The fraction of sp³-hybridized carbons (Fsp3) is 0.417. The Balaban J connectivity index is 3.03. The van der Waals surface area contributed by atoms with E-state index >= 15 is 0 Å². The molecule has 0 fully saturated rings. The SMILES string of the molecule is COCC(C)CNC(=O)c1cc(Br)cc(S(=O)(=O)Cl)c1F. The van der Waals surface area contributed by atoms with Crippen LogP contribution >= 0.6 is 26.6 Å². The molecular weight excluding hydrogens is 389 g/mol. The molecule has 0 bridgehead atoms. The van der Waals surface area contributed by atoms with Crippen LogP contribution in [0.4, 0.5) is 4.39 Å². The Morgan fingerprint density at radius 1 is 1.52 bits per heavy atom. The van der Waals surface area contributed by atoms with E-state index in [1.165, 1.54) is 13.2 Å². The molecule has 0 saturated carbocycles. The number of methoxy groups -OCH3 is 1. The number of amides is 1. The summed E-state index contributed by atoms with van der Waals surface area (Å²) < 4.78 is 41.8. The first-order chi connectivity index (χ1) is 9.66. The Morgan fingerprint density at radius 3 is 2.67 bits per heavy atom. The average Bonchev–Trinajstić information content (AvgIpc) is 2.37. The summed E-state index contributed by atoms with van der Waals surface area (Å²) in [4.78, 5) is 11.2. The normalized spacial score (nSPS) is 13.0. The third-order valence-corrected chi connectivity index (χ3v) is 4.35. The van der Waals surface area contributed by atoms with Gasteiger partial charge in [-0.05, 0) is 18.1 Å². The highest BCUT2D eigenvalue weighted by molar-refractivity contribution is 9.10. The van der Waals surface area contributed by atoms with Gasteiger partial charge in [-0.25, -0.2) is 12.8 Å². The molecule has 1 atom stereocenters. The summed E-state index contributed by atoms with van der Waals surface area (Å²) in [6, 6.07) is 2.19. The minimum atomic E-state index is -4.28. The van der Waals surface area contributed by atoms with Gasteiger partial charge in [0.15, 0.2) is 5.82 Å². The van der Waals surface area contributed by atoms with Crippen LogP contribution in [0.2, 0.25) is 0 Å². The minimum absolute atomic E-state index is 0.0328. The molecule has 0 radical (unpaired) electrons. The molecule has 1 amide bonds. The molecule has 0 saturated heterocycles. The number of benzene rings is 1. The third kappa shape index (κ3) is 5.21. The van der Waals surface area contributed by atoms with Crippen LogP contribution in [0.5, 0.6) is 0 Å². The van der Waals surface area contributed by atoms with E-state index in [1.807, 2.05) is 6.92 Å². The minimum Gasteiger partial charge on any atom is -0.384 e. The summed E-state index contributed by atoms with van der Waals surface area (Å²) in [5.74, 6) is -1.87. The number of halogens is 3. The molecule has 0 aliphatic carbocycles. The van der Waals surface area contributed by atoms with Crippen molar-refractivity contribution in [3.05, 3.63) is 28.0 Å². The van der Waals surface area contributed by atoms with Crippen molar-refractivity contribution in [1.29, 1.82) is 0 Å². The number of rotatable bonds is 6. The van der Waals surface area contributed by atoms with Crippen LogP contribution in [-0.2, 0) is 13.8 Å². The van der Waals surface area contributed by atoms with Gasteiger partial charge in [-0.1, -0.05) is 22.9 Å². The largest absolute Gasteiger partial charge is 0.384 e. The van der Waals surface area contributed by atoms with Gasteiger partial charge in [-0.15, -0.1) is 0 Å². The highest BCUT2D eigenvalue weighted by Crippen LogP contribution is 2.26. The molecule has 118 valence electrons. The maximum atomic E-state index is 14.1. The zero-order valence-electron chi connectivity index (χ0n) is 11.3. The van der Waals surface area contributed by atoms with Crippen LogP contribution in [0.15, 0.2) is 21.5 Å². The molecule has 1 aromatic carbocycles. The van der Waals surface area contributed by atoms with Crippen molar-refractivity contribution < 1.29 is 22.3 Å². The summed E-state index contributed by atoms with van der Waals surface area (Å²) >= 11 is 3.02. The quantitative estimate of drug-likeness (QED) is 0.742. The van der Waals surface area contributed by atoms with Crippen LogP contribution in [-0.4, -0.2) is 34.6 Å². The molecule has 0 spiro atoms. The Morgan fingerprint density at radius 2 is 2.14 bits per heavy atom. The molecular formula is C12H14BrClFNO4S. The predicted molar refractivity (Wildman–Crippen MR) is 80.5 cm³/mol. The summed E-state index contributed by atoms with van der Waals surface area (Å²) in [5.41, 5.74) is -0.395. The van der Waals surface area contributed by atoms with Crippen molar-refractivity contribution in [3.8, 4) is 0 Å². The Bertz CT molecular complexity index is 638. The maximum absolute atomic E-state index is 14.1. The van der Waals surface area contributed by atoms with Crippen molar-refractivity contribution in [3.63, 3.8) is 0 Å². The van der Waals surface area contributed by atoms with E-state index in [4.69, 9.17) is 15.4 Å². The second-order valence-corrected chi connectivity index (χ2v) is 7.92. The highest BCUT2D eigenvalue weighted by atomic mass is 79.9. The van der Waals surface area contributed by atoms with Gasteiger partial charge in [-0.2, -0.15) is 0 Å². The molecule has 9 heteroatoms. The molecule has 21 heavy (non-hydrogen) atoms. The lowest BCUT2D eigenvalue weighted by Gasteiger charge is -2.12. The number of ether oxygens (including phenoxy) is 1. The van der Waals surface area contributed by atoms with Gasteiger partial charge >= 0.3 is 0 Å². The monoisotopic (exact) mass is 401 g/mol. The fourth-order valence-electron chi connectivity index (χ4n) is 1.61. The van der Waals surface area contributed by atoms with Gasteiger partial charge in [0.2, 0.25) is 0 Å². The number of nitrogens with one attached hydrogen (secondary N) is 1. The first kappa shape index (κ1) is 18.3. The second-order valence-electron chi connectivity index (χ2n) is 4.47. The van der Waals surface area contributed by atoms with E-state index in [0.29, 0.717) is 6.61 Å². The lowest BCUT2D eigenvalue weighted by molar-refractivity contribution is 0.0929. The van der Waals surface area contributed by atoms with Crippen LogP contribution in [0.3, 0.4) is 0 Å². The number of hydrogen-bond acceptors (Lipinski definition) is 4. The lowest BCUT2D eigenvalue weighted by Crippen LogP contribution is -2.30. The van der Waals surface area contributed by atoms with E-state index in [-0.39, 0.29) is 16.9 Å². The van der Waals surface area contributed by atoms with Gasteiger partial charge in [-0.3, -0.25) is 4.79 Å². The van der Waals surface area contributed by atoms with Gasteiger partial charge in [0.1, 0.15) is 4.90 Å². The highest BCUT2D eigenvalue weighted by Gasteiger charge is 2.23. The van der Waals surface area contributed by atoms with E-state index in [2.05, 4.69) is 21.2 Å². The Labute approximate surface area is 135 Å². The van der Waals surface area contributed by atoms with Crippen molar-refractivity contribution in [2.45, 2.75) is 11.8 Å². The molecule has 0 aliphatic rings. The number of carbonyl (C=O) groups is 1. The second kappa shape index (κ2) is 7.53. The van der Waals surface area contributed by atoms with E-state index in [1.54, 1.807) is 0 Å². The molecule has 1 N–H and O–H groups in total. The standard InChI is InChI=1S/C12H14BrClFNO4S/c1-7(6-20-2)5-16-12(17)9-3-8(13)4-10(11(9)15)21(14,18)19/h3-4,7H,5-6H2,1-2H3,(H,16,17). The molecule has 0 aromatic heterocycles. The van der Waals surface area contributed by atoms with Gasteiger partial charge < -0.3 is 10.1 Å². The topological polar surface area (TPSA) is 72.5 Å². The van der Waals surface area contributed by atoms with Gasteiger partial charge in [0.05, 0.1) is 12.2 Å². The molecule has 1 unspecified atom stereocenters. The van der Waals surface area contributed by atoms with E-state index in [0.717, 1.165) is 6.07 Å². The molecule has 5 nitrogen and oxygen atoms in total. The zero-order valence-corrected chi connectivity index (χ0v) is 14.5. The summed E-state index contributed by atoms with van der Waals surface area (Å²) in [6.45, 7) is 2.54. The smallest absolute Gasteiger partial charge is 0.264 e. The lowest BCUT2D eigenvalue weighted by atomic mass is 10.1. The zero-order chi connectivity index (χ0) is 16.2. The molecule has 0 aliphatic heterocycles.